The largest absolute Gasteiger partial charge is 0.456 e. The summed E-state index contributed by atoms with van der Waals surface area (Å²) in [5, 5.41) is 9.69. The van der Waals surface area contributed by atoms with Gasteiger partial charge >= 0.3 is 0 Å². The summed E-state index contributed by atoms with van der Waals surface area (Å²) in [7, 11) is 0. The molecule has 0 radical (unpaired) electrons. The van der Waals surface area contributed by atoms with Gasteiger partial charge in [-0.1, -0.05) is 194 Å². The van der Waals surface area contributed by atoms with Crippen molar-refractivity contribution >= 4 is 82.4 Å². The molecule has 0 aliphatic heterocycles. The van der Waals surface area contributed by atoms with Crippen molar-refractivity contribution in [3.8, 4) is 50.2 Å². The molecule has 2 aromatic heterocycles. The Morgan fingerprint density at radius 2 is 0.887 bits per heavy atom. The Bertz CT molecular complexity index is 4300. The molecule has 0 unspecified atom stereocenters. The number of anilines is 3. The number of benzene rings is 12. The van der Waals surface area contributed by atoms with Gasteiger partial charge in [-0.05, 0) is 133 Å². The molecule has 0 aliphatic rings. The molecule has 3 heteroatoms. The van der Waals surface area contributed by atoms with Crippen molar-refractivity contribution in [2.24, 2.45) is 0 Å². The van der Waals surface area contributed by atoms with Crippen molar-refractivity contribution in [2.45, 2.75) is 0 Å². The fourth-order valence-electron chi connectivity index (χ4n) is 11.1. The van der Waals surface area contributed by atoms with Crippen molar-refractivity contribution in [2.75, 3.05) is 4.90 Å². The zero-order valence-corrected chi connectivity index (χ0v) is 38.7. The first-order chi connectivity index (χ1) is 35.2. The lowest BCUT2D eigenvalue weighted by molar-refractivity contribution is 0.669. The second kappa shape index (κ2) is 16.7. The average molecular weight is 905 g/mol. The van der Waals surface area contributed by atoms with Crippen molar-refractivity contribution in [1.29, 1.82) is 0 Å². The molecule has 0 fully saturated rings. The Balaban J connectivity index is 0.968. The third kappa shape index (κ3) is 6.82. The fourth-order valence-corrected chi connectivity index (χ4v) is 11.1. The van der Waals surface area contributed by atoms with Crippen LogP contribution in [0.2, 0.25) is 0 Å². The van der Waals surface area contributed by atoms with Crippen molar-refractivity contribution in [3.63, 3.8) is 0 Å². The summed E-state index contributed by atoms with van der Waals surface area (Å²) in [6.45, 7) is 0. The minimum absolute atomic E-state index is 0.880. The fraction of sp³-hybridized carbons (Fsp3) is 0. The Kier molecular flexibility index (Phi) is 9.53. The van der Waals surface area contributed by atoms with Gasteiger partial charge in [0, 0.05) is 44.2 Å². The van der Waals surface area contributed by atoms with Gasteiger partial charge < -0.3 is 13.9 Å². The van der Waals surface area contributed by atoms with E-state index in [4.69, 9.17) is 4.42 Å². The van der Waals surface area contributed by atoms with Gasteiger partial charge in [0.05, 0.1) is 16.7 Å². The summed E-state index contributed by atoms with van der Waals surface area (Å²) in [5.41, 5.74) is 17.6. The van der Waals surface area contributed by atoms with Crippen LogP contribution in [0.1, 0.15) is 0 Å². The molecule has 0 amide bonds. The molecule has 0 aliphatic carbocycles. The Morgan fingerprint density at radius 3 is 1.69 bits per heavy atom. The molecule has 2 heterocycles. The van der Waals surface area contributed by atoms with Crippen LogP contribution in [0.3, 0.4) is 0 Å². The van der Waals surface area contributed by atoms with Gasteiger partial charge in [0.1, 0.15) is 11.2 Å². The molecule has 3 nitrogen and oxygen atoms in total. The number of fused-ring (bicyclic) bond motifs is 9. The maximum atomic E-state index is 6.41. The summed E-state index contributed by atoms with van der Waals surface area (Å²) in [6, 6.07) is 96.9. The van der Waals surface area contributed by atoms with E-state index in [0.717, 1.165) is 83.6 Å². The van der Waals surface area contributed by atoms with E-state index < -0.39 is 0 Å². The lowest BCUT2D eigenvalue weighted by Gasteiger charge is -2.29. The summed E-state index contributed by atoms with van der Waals surface area (Å²) in [6.07, 6.45) is 0. The minimum atomic E-state index is 0.880. The Labute approximate surface area is 411 Å². The van der Waals surface area contributed by atoms with Gasteiger partial charge in [-0.15, -0.1) is 0 Å². The standard InChI is InChI=1S/C68H44N2O/c1-2-17-46(18-3-1)55-40-37-50(62-43-49-19-4-5-24-54(49)57-25-6-7-26-58(57)62)44-65(55)69(52-22-15-21-48(42-52)56-30-16-34-67-68(56)61-29-10-13-33-66(61)71-67)51-38-35-45(36-39-51)47-20-14-23-53(41-47)70-63-31-11-8-27-59(63)60-28-9-12-32-64(60)70/h1-44H. The monoisotopic (exact) mass is 904 g/mol. The highest BCUT2D eigenvalue weighted by Gasteiger charge is 2.22. The molecule has 14 aromatic rings. The number of rotatable bonds is 8. The summed E-state index contributed by atoms with van der Waals surface area (Å²) in [5.74, 6) is 0. The van der Waals surface area contributed by atoms with E-state index in [1.165, 1.54) is 48.9 Å². The first-order valence-corrected chi connectivity index (χ1v) is 24.3. The molecular weight excluding hydrogens is 861 g/mol. The van der Waals surface area contributed by atoms with Crippen LogP contribution in [0.25, 0.3) is 115 Å². The molecule has 14 rings (SSSR count). The number of hydrogen-bond donors (Lipinski definition) is 0. The smallest absolute Gasteiger partial charge is 0.136 e. The van der Waals surface area contributed by atoms with Crippen LogP contribution in [0, 0.1) is 0 Å². The first kappa shape index (κ1) is 40.6. The Hall–Kier alpha value is -9.44. The molecule has 0 saturated carbocycles. The highest BCUT2D eigenvalue weighted by atomic mass is 16.3. The van der Waals surface area contributed by atoms with E-state index >= 15 is 0 Å². The number of furan rings is 1. The van der Waals surface area contributed by atoms with Crippen LogP contribution < -0.4 is 4.90 Å². The molecule has 0 bridgehead atoms. The normalized spacial score (nSPS) is 11.7. The van der Waals surface area contributed by atoms with Gasteiger partial charge in [0.25, 0.3) is 0 Å². The number of hydrogen-bond acceptors (Lipinski definition) is 2. The predicted octanol–water partition coefficient (Wildman–Crippen LogP) is 19.1. The van der Waals surface area contributed by atoms with Crippen LogP contribution >= 0.6 is 0 Å². The maximum absolute atomic E-state index is 6.41. The SMILES string of the molecule is c1ccc(-c2ccc(-c3cc4ccccc4c4ccccc34)cc2N(c2ccc(-c3cccc(-n4c5ccccc5c5ccccc54)c3)cc2)c2cccc(-c3cccc4oc5ccccc5c34)c2)cc1. The van der Waals surface area contributed by atoms with E-state index in [1.807, 2.05) is 6.07 Å². The summed E-state index contributed by atoms with van der Waals surface area (Å²) >= 11 is 0. The van der Waals surface area contributed by atoms with E-state index in [9.17, 15) is 0 Å². The third-order valence-electron chi connectivity index (χ3n) is 14.4. The van der Waals surface area contributed by atoms with Crippen LogP contribution in [0.4, 0.5) is 17.1 Å². The number of aromatic nitrogens is 1. The van der Waals surface area contributed by atoms with E-state index in [-0.39, 0.29) is 0 Å². The minimum Gasteiger partial charge on any atom is -0.456 e. The van der Waals surface area contributed by atoms with Crippen LogP contribution in [-0.2, 0) is 0 Å². The van der Waals surface area contributed by atoms with Gasteiger partial charge in [-0.25, -0.2) is 0 Å². The predicted molar refractivity (Wildman–Crippen MR) is 299 cm³/mol. The van der Waals surface area contributed by atoms with Crippen LogP contribution in [0.5, 0.6) is 0 Å². The van der Waals surface area contributed by atoms with Gasteiger partial charge in [0.2, 0.25) is 0 Å². The molecule has 12 aromatic carbocycles. The lowest BCUT2D eigenvalue weighted by atomic mass is 9.91. The molecule has 332 valence electrons. The van der Waals surface area contributed by atoms with Crippen LogP contribution in [-0.4, -0.2) is 4.57 Å². The summed E-state index contributed by atoms with van der Waals surface area (Å²) in [4.78, 5) is 2.45. The molecule has 0 N–H and O–H groups in total. The van der Waals surface area contributed by atoms with Gasteiger partial charge in [-0.3, -0.25) is 0 Å². The molecule has 71 heavy (non-hydrogen) atoms. The molecule has 0 spiro atoms. The van der Waals surface area contributed by atoms with E-state index in [0.29, 0.717) is 0 Å². The first-order valence-electron chi connectivity index (χ1n) is 24.3. The highest BCUT2D eigenvalue weighted by Crippen LogP contribution is 2.47. The highest BCUT2D eigenvalue weighted by molar-refractivity contribution is 6.15. The van der Waals surface area contributed by atoms with E-state index in [2.05, 4.69) is 270 Å². The zero-order chi connectivity index (χ0) is 46.8. The molecule has 0 saturated heterocycles. The van der Waals surface area contributed by atoms with E-state index in [1.54, 1.807) is 0 Å². The second-order valence-corrected chi connectivity index (χ2v) is 18.4. The summed E-state index contributed by atoms with van der Waals surface area (Å²) < 4.78 is 8.80. The number of para-hydroxylation sites is 3. The third-order valence-corrected chi connectivity index (χ3v) is 14.4. The second-order valence-electron chi connectivity index (χ2n) is 18.4. The molecule has 0 atom stereocenters. The zero-order valence-electron chi connectivity index (χ0n) is 38.7. The van der Waals surface area contributed by atoms with Gasteiger partial charge in [0.15, 0.2) is 0 Å². The maximum Gasteiger partial charge on any atom is 0.136 e. The van der Waals surface area contributed by atoms with Gasteiger partial charge in [-0.2, -0.15) is 0 Å². The van der Waals surface area contributed by atoms with Crippen molar-refractivity contribution < 1.29 is 4.42 Å². The van der Waals surface area contributed by atoms with Crippen LogP contribution in [0.15, 0.2) is 271 Å². The van der Waals surface area contributed by atoms with Crippen molar-refractivity contribution in [3.05, 3.63) is 267 Å². The Morgan fingerprint density at radius 1 is 0.296 bits per heavy atom. The molecular formula is C68H44N2O. The lowest BCUT2D eigenvalue weighted by Crippen LogP contribution is -2.11. The number of nitrogens with zero attached hydrogens (tertiary/aromatic N) is 2. The quantitative estimate of drug-likeness (QED) is 0.142. The topological polar surface area (TPSA) is 21.3 Å². The van der Waals surface area contributed by atoms with Crippen molar-refractivity contribution in [1.82, 2.24) is 4.57 Å². The average Bonchev–Trinajstić information content (AvgIpc) is 4.00.